The molecule has 0 radical (unpaired) electrons. The first kappa shape index (κ1) is 13.9. The summed E-state index contributed by atoms with van der Waals surface area (Å²) < 4.78 is 9.35. The minimum Gasteiger partial charge on any atom is -0.463 e. The van der Waals surface area contributed by atoms with Crippen molar-refractivity contribution in [2.45, 2.75) is 33.3 Å². The van der Waals surface area contributed by atoms with Crippen molar-refractivity contribution in [2.75, 3.05) is 13.2 Å². The van der Waals surface area contributed by atoms with E-state index in [0.29, 0.717) is 6.42 Å². The number of rotatable bonds is 6. The highest BCUT2D eigenvalue weighted by Crippen LogP contribution is 2.03. The molecule has 0 aliphatic heterocycles. The molecular formula is C10H18O5. The van der Waals surface area contributed by atoms with Gasteiger partial charge in [0.15, 0.2) is 0 Å². The molecule has 0 aromatic carbocycles. The van der Waals surface area contributed by atoms with Gasteiger partial charge in [0.2, 0.25) is 0 Å². The molecule has 15 heavy (non-hydrogen) atoms. The Bertz CT molecular complexity index is 214. The maximum atomic E-state index is 11.2. The molecule has 5 heteroatoms. The van der Waals surface area contributed by atoms with Crippen LogP contribution in [0.3, 0.4) is 0 Å². The van der Waals surface area contributed by atoms with Crippen LogP contribution in [0.2, 0.25) is 0 Å². The summed E-state index contributed by atoms with van der Waals surface area (Å²) in [6.07, 6.45) is -0.263. The van der Waals surface area contributed by atoms with Crippen molar-refractivity contribution >= 4 is 11.9 Å². The summed E-state index contributed by atoms with van der Waals surface area (Å²) in [4.78, 5) is 21.6. The van der Waals surface area contributed by atoms with Crippen molar-refractivity contribution in [3.8, 4) is 0 Å². The second-order valence-corrected chi connectivity index (χ2v) is 3.40. The third kappa shape index (κ3) is 6.90. The van der Waals surface area contributed by atoms with Crippen LogP contribution in [0.25, 0.3) is 0 Å². The minimum atomic E-state index is -0.957. The highest BCUT2D eigenvalue weighted by atomic mass is 16.6. The molecule has 0 saturated heterocycles. The van der Waals surface area contributed by atoms with Gasteiger partial charge in [0.1, 0.15) is 19.3 Å². The maximum absolute atomic E-state index is 11.2. The van der Waals surface area contributed by atoms with Gasteiger partial charge in [-0.1, -0.05) is 13.8 Å². The van der Waals surface area contributed by atoms with E-state index in [0.717, 1.165) is 0 Å². The lowest BCUT2D eigenvalue weighted by Gasteiger charge is -2.13. The normalized spacial score (nSPS) is 14.1. The Morgan fingerprint density at radius 2 is 1.80 bits per heavy atom. The molecule has 0 aromatic heterocycles. The van der Waals surface area contributed by atoms with E-state index in [4.69, 9.17) is 4.74 Å². The summed E-state index contributed by atoms with van der Waals surface area (Å²) in [5.74, 6) is -0.993. The molecule has 0 fully saturated rings. The molecule has 0 aliphatic carbocycles. The number of esters is 2. The Hall–Kier alpha value is -1.10. The number of hydrogen-bond donors (Lipinski definition) is 1. The molecule has 0 spiro atoms. The minimum absolute atomic E-state index is 0.142. The van der Waals surface area contributed by atoms with Gasteiger partial charge in [-0.2, -0.15) is 0 Å². The van der Waals surface area contributed by atoms with Crippen LogP contribution in [0.5, 0.6) is 0 Å². The van der Waals surface area contributed by atoms with Gasteiger partial charge < -0.3 is 14.6 Å². The number of aliphatic hydroxyl groups excluding tert-OH is 1. The van der Waals surface area contributed by atoms with E-state index in [2.05, 4.69) is 4.74 Å². The summed E-state index contributed by atoms with van der Waals surface area (Å²) in [6, 6.07) is 0. The van der Waals surface area contributed by atoms with Gasteiger partial charge in [-0.3, -0.25) is 9.59 Å². The van der Waals surface area contributed by atoms with E-state index in [1.807, 2.05) is 6.92 Å². The quantitative estimate of drug-likeness (QED) is 0.657. The predicted molar refractivity (Wildman–Crippen MR) is 53.1 cm³/mol. The molecule has 0 saturated carbocycles. The summed E-state index contributed by atoms with van der Waals surface area (Å²) in [5, 5.41) is 9.25. The molecule has 2 unspecified atom stereocenters. The zero-order valence-electron chi connectivity index (χ0n) is 9.36. The number of aliphatic hydroxyl groups is 1. The largest absolute Gasteiger partial charge is 0.463 e. The van der Waals surface area contributed by atoms with E-state index in [1.54, 1.807) is 6.92 Å². The van der Waals surface area contributed by atoms with E-state index >= 15 is 0 Å². The Morgan fingerprint density at radius 1 is 1.27 bits per heavy atom. The third-order valence-electron chi connectivity index (χ3n) is 1.91. The predicted octanol–water partition coefficient (Wildman–Crippen LogP) is 0.500. The van der Waals surface area contributed by atoms with Gasteiger partial charge in [-0.05, 0) is 6.42 Å². The maximum Gasteiger partial charge on any atom is 0.308 e. The van der Waals surface area contributed by atoms with Crippen LogP contribution in [0.1, 0.15) is 27.2 Å². The number of carbonyl (C=O) groups is 2. The monoisotopic (exact) mass is 218 g/mol. The smallest absolute Gasteiger partial charge is 0.308 e. The average molecular weight is 218 g/mol. The van der Waals surface area contributed by atoms with Gasteiger partial charge >= 0.3 is 11.9 Å². The summed E-state index contributed by atoms with van der Waals surface area (Å²) in [5.41, 5.74) is 0. The first-order chi connectivity index (χ1) is 6.97. The first-order valence-corrected chi connectivity index (χ1v) is 4.95. The molecule has 0 aromatic rings. The fraction of sp³-hybridized carbons (Fsp3) is 0.800. The van der Waals surface area contributed by atoms with Crippen molar-refractivity contribution < 1.29 is 24.2 Å². The van der Waals surface area contributed by atoms with Crippen LogP contribution in [0.4, 0.5) is 0 Å². The van der Waals surface area contributed by atoms with Gasteiger partial charge in [0.05, 0.1) is 5.92 Å². The first-order valence-electron chi connectivity index (χ1n) is 4.95. The van der Waals surface area contributed by atoms with Crippen molar-refractivity contribution in [1.29, 1.82) is 0 Å². The van der Waals surface area contributed by atoms with Crippen LogP contribution in [0.15, 0.2) is 0 Å². The van der Waals surface area contributed by atoms with Crippen LogP contribution < -0.4 is 0 Å². The Balaban J connectivity index is 3.66. The molecule has 88 valence electrons. The third-order valence-corrected chi connectivity index (χ3v) is 1.91. The van der Waals surface area contributed by atoms with Gasteiger partial charge in [-0.25, -0.2) is 0 Å². The lowest BCUT2D eigenvalue weighted by molar-refractivity contribution is -0.154. The SMILES string of the molecule is CCC(C)C(=O)OCC(O)COC(C)=O. The Kier molecular flexibility index (Phi) is 6.70. The molecule has 0 amide bonds. The lowest BCUT2D eigenvalue weighted by Crippen LogP contribution is -2.26. The van der Waals surface area contributed by atoms with E-state index in [1.165, 1.54) is 6.92 Å². The Morgan fingerprint density at radius 3 is 2.27 bits per heavy atom. The van der Waals surface area contributed by atoms with Gasteiger partial charge in [0.25, 0.3) is 0 Å². The molecular weight excluding hydrogens is 200 g/mol. The number of hydrogen-bond acceptors (Lipinski definition) is 5. The van der Waals surface area contributed by atoms with Crippen LogP contribution in [0, 0.1) is 5.92 Å². The fourth-order valence-corrected chi connectivity index (χ4v) is 0.749. The van der Waals surface area contributed by atoms with Gasteiger partial charge in [-0.15, -0.1) is 0 Å². The summed E-state index contributed by atoms with van der Waals surface area (Å²) in [7, 11) is 0. The van der Waals surface area contributed by atoms with Crippen molar-refractivity contribution in [1.82, 2.24) is 0 Å². The zero-order valence-corrected chi connectivity index (χ0v) is 9.36. The molecule has 1 N–H and O–H groups in total. The van der Waals surface area contributed by atoms with E-state index in [-0.39, 0.29) is 25.1 Å². The van der Waals surface area contributed by atoms with Crippen molar-refractivity contribution in [2.24, 2.45) is 5.92 Å². The molecule has 2 atom stereocenters. The molecule has 0 heterocycles. The highest BCUT2D eigenvalue weighted by Gasteiger charge is 2.14. The van der Waals surface area contributed by atoms with Crippen LogP contribution in [-0.2, 0) is 19.1 Å². The topological polar surface area (TPSA) is 72.8 Å². The molecule has 0 rings (SSSR count). The molecule has 5 nitrogen and oxygen atoms in total. The lowest BCUT2D eigenvalue weighted by atomic mass is 10.1. The van der Waals surface area contributed by atoms with Crippen molar-refractivity contribution in [3.05, 3.63) is 0 Å². The summed E-state index contributed by atoms with van der Waals surface area (Å²) >= 11 is 0. The fourth-order valence-electron chi connectivity index (χ4n) is 0.749. The standard InChI is InChI=1S/C10H18O5/c1-4-7(2)10(13)15-6-9(12)5-14-8(3)11/h7,9,12H,4-6H2,1-3H3. The number of carbonyl (C=O) groups excluding carboxylic acids is 2. The zero-order chi connectivity index (χ0) is 11.8. The Labute approximate surface area is 89.4 Å². The molecule has 0 aliphatic rings. The van der Waals surface area contributed by atoms with E-state index < -0.39 is 12.1 Å². The van der Waals surface area contributed by atoms with Crippen molar-refractivity contribution in [3.63, 3.8) is 0 Å². The van der Waals surface area contributed by atoms with Gasteiger partial charge in [0, 0.05) is 6.92 Å². The van der Waals surface area contributed by atoms with Crippen LogP contribution in [-0.4, -0.2) is 36.4 Å². The highest BCUT2D eigenvalue weighted by molar-refractivity contribution is 5.71. The second kappa shape index (κ2) is 7.23. The molecule has 0 bridgehead atoms. The second-order valence-electron chi connectivity index (χ2n) is 3.40. The van der Waals surface area contributed by atoms with Crippen LogP contribution >= 0.6 is 0 Å². The number of ether oxygens (including phenoxy) is 2. The average Bonchev–Trinajstić information content (AvgIpc) is 2.21. The van der Waals surface area contributed by atoms with E-state index in [9.17, 15) is 14.7 Å². The summed E-state index contributed by atoms with van der Waals surface area (Å²) in [6.45, 7) is 4.58.